The third-order valence-electron chi connectivity index (χ3n) is 7.73. The Morgan fingerprint density at radius 2 is 1.84 bits per heavy atom. The highest BCUT2D eigenvalue weighted by Crippen LogP contribution is 2.56. The lowest BCUT2D eigenvalue weighted by molar-refractivity contribution is -0.150. The van der Waals surface area contributed by atoms with E-state index in [-0.39, 0.29) is 11.9 Å². The number of nitrogens with zero attached hydrogens (tertiary/aromatic N) is 2. The predicted octanol–water partition coefficient (Wildman–Crippen LogP) is 5.50. The van der Waals surface area contributed by atoms with Crippen LogP contribution in [0.5, 0.6) is 5.75 Å². The average Bonchev–Trinajstić information content (AvgIpc) is 3.58. The second kappa shape index (κ2) is 9.38. The maximum atomic E-state index is 12.1. The van der Waals surface area contributed by atoms with Crippen molar-refractivity contribution >= 4 is 16.9 Å². The SMILES string of the molecule is CCCOC(=O)C1CCN(Cc2ccc3cc(OC4CCC5(CC4)CC5)ccc3n2)CC1. The number of piperidine rings is 1. The van der Waals surface area contributed by atoms with Crippen LogP contribution in [0.25, 0.3) is 10.9 Å². The van der Waals surface area contributed by atoms with E-state index < -0.39 is 0 Å². The van der Waals surface area contributed by atoms with E-state index in [1.165, 1.54) is 38.5 Å². The third kappa shape index (κ3) is 5.09. The van der Waals surface area contributed by atoms with Crippen molar-refractivity contribution in [1.29, 1.82) is 0 Å². The van der Waals surface area contributed by atoms with E-state index in [9.17, 15) is 4.79 Å². The van der Waals surface area contributed by atoms with Gasteiger partial charge in [0.25, 0.3) is 0 Å². The van der Waals surface area contributed by atoms with Crippen LogP contribution >= 0.6 is 0 Å². The van der Waals surface area contributed by atoms with Crippen LogP contribution in [0.3, 0.4) is 0 Å². The fourth-order valence-corrected chi connectivity index (χ4v) is 5.37. The molecule has 1 saturated heterocycles. The number of hydrogen-bond acceptors (Lipinski definition) is 5. The number of hydrogen-bond donors (Lipinski definition) is 0. The summed E-state index contributed by atoms with van der Waals surface area (Å²) in [7, 11) is 0. The van der Waals surface area contributed by atoms with Gasteiger partial charge in [0.1, 0.15) is 5.75 Å². The Kier molecular flexibility index (Phi) is 6.36. The van der Waals surface area contributed by atoms with Gasteiger partial charge < -0.3 is 9.47 Å². The maximum absolute atomic E-state index is 12.1. The zero-order chi connectivity index (χ0) is 22.0. The van der Waals surface area contributed by atoms with E-state index in [0.29, 0.717) is 18.1 Å². The standard InChI is InChI=1S/C27H36N2O3/c1-2-17-31-26(30)20-9-15-29(16-10-20)19-22-4-3-21-18-24(5-6-25(21)28-22)32-23-7-11-27(12-8-23)13-14-27/h3-6,18,20,23H,2,7-17,19H2,1H3. The predicted molar refractivity (Wildman–Crippen MR) is 126 cm³/mol. The largest absolute Gasteiger partial charge is 0.490 e. The molecule has 5 nitrogen and oxygen atoms in total. The van der Waals surface area contributed by atoms with Gasteiger partial charge in [0.05, 0.1) is 29.8 Å². The molecule has 172 valence electrons. The summed E-state index contributed by atoms with van der Waals surface area (Å²) in [6.45, 7) is 5.23. The zero-order valence-corrected chi connectivity index (χ0v) is 19.4. The van der Waals surface area contributed by atoms with Crippen LogP contribution in [-0.4, -0.2) is 41.7 Å². The highest BCUT2D eigenvalue weighted by atomic mass is 16.5. The van der Waals surface area contributed by atoms with Gasteiger partial charge in [0.2, 0.25) is 0 Å². The number of rotatable bonds is 7. The maximum Gasteiger partial charge on any atom is 0.309 e. The third-order valence-corrected chi connectivity index (χ3v) is 7.73. The van der Waals surface area contributed by atoms with E-state index in [0.717, 1.165) is 61.2 Å². The van der Waals surface area contributed by atoms with Gasteiger partial charge in [-0.2, -0.15) is 0 Å². The molecule has 5 rings (SSSR count). The minimum Gasteiger partial charge on any atom is -0.490 e. The fraction of sp³-hybridized carbons (Fsp3) is 0.630. The van der Waals surface area contributed by atoms with Crippen molar-refractivity contribution in [2.45, 2.75) is 77.4 Å². The highest BCUT2D eigenvalue weighted by Gasteiger charge is 2.45. The van der Waals surface area contributed by atoms with E-state index in [1.807, 2.05) is 6.92 Å². The van der Waals surface area contributed by atoms with Crippen LogP contribution in [0.1, 0.15) is 70.4 Å². The van der Waals surface area contributed by atoms with Gasteiger partial charge in [-0.1, -0.05) is 13.0 Å². The Balaban J connectivity index is 1.14. The summed E-state index contributed by atoms with van der Waals surface area (Å²) in [5, 5.41) is 1.14. The normalized spacial score (nSPS) is 21.7. The Morgan fingerprint density at radius 1 is 1.06 bits per heavy atom. The quantitative estimate of drug-likeness (QED) is 0.536. The van der Waals surface area contributed by atoms with Crippen LogP contribution in [-0.2, 0) is 16.1 Å². The lowest BCUT2D eigenvalue weighted by Gasteiger charge is -2.30. The first-order valence-electron chi connectivity index (χ1n) is 12.6. The van der Waals surface area contributed by atoms with Crippen molar-refractivity contribution in [3.05, 3.63) is 36.0 Å². The molecular formula is C27H36N2O3. The Labute approximate surface area is 191 Å². The van der Waals surface area contributed by atoms with Gasteiger partial charge in [-0.25, -0.2) is 0 Å². The summed E-state index contributed by atoms with van der Waals surface area (Å²) in [5.41, 5.74) is 2.81. The van der Waals surface area contributed by atoms with Crippen molar-refractivity contribution in [3.8, 4) is 5.75 Å². The number of esters is 1. The molecule has 0 amide bonds. The second-order valence-electron chi connectivity index (χ2n) is 10.2. The zero-order valence-electron chi connectivity index (χ0n) is 19.4. The molecule has 2 heterocycles. The lowest BCUT2D eigenvalue weighted by Crippen LogP contribution is -2.36. The van der Waals surface area contributed by atoms with Gasteiger partial charge in [0, 0.05) is 11.9 Å². The molecule has 0 unspecified atom stereocenters. The number of fused-ring (bicyclic) bond motifs is 1. The van der Waals surface area contributed by atoms with E-state index in [2.05, 4.69) is 35.2 Å². The number of pyridine rings is 1. The van der Waals surface area contributed by atoms with Crippen LogP contribution in [0, 0.1) is 11.3 Å². The molecule has 0 atom stereocenters. The van der Waals surface area contributed by atoms with E-state index in [4.69, 9.17) is 14.5 Å². The van der Waals surface area contributed by atoms with Crippen LogP contribution in [0.15, 0.2) is 30.3 Å². The van der Waals surface area contributed by atoms with E-state index >= 15 is 0 Å². The first-order chi connectivity index (χ1) is 15.6. The first kappa shape index (κ1) is 21.7. The molecule has 2 aliphatic carbocycles. The molecule has 2 saturated carbocycles. The topological polar surface area (TPSA) is 51.7 Å². The molecule has 1 aliphatic heterocycles. The Morgan fingerprint density at radius 3 is 2.56 bits per heavy atom. The smallest absolute Gasteiger partial charge is 0.309 e. The summed E-state index contributed by atoms with van der Waals surface area (Å²) in [6.07, 6.45) is 10.9. The molecule has 0 N–H and O–H groups in total. The van der Waals surface area contributed by atoms with Crippen molar-refractivity contribution in [3.63, 3.8) is 0 Å². The summed E-state index contributed by atoms with van der Waals surface area (Å²) in [4.78, 5) is 19.4. The molecule has 0 radical (unpaired) electrons. The summed E-state index contributed by atoms with van der Waals surface area (Å²) in [6, 6.07) is 10.6. The molecule has 3 fully saturated rings. The van der Waals surface area contributed by atoms with Gasteiger partial charge in [0.15, 0.2) is 0 Å². The van der Waals surface area contributed by atoms with Gasteiger partial charge in [-0.05, 0) is 101 Å². The van der Waals surface area contributed by atoms with Crippen LogP contribution < -0.4 is 4.74 Å². The minimum atomic E-state index is -0.0198. The molecule has 0 bridgehead atoms. The molecule has 2 aromatic rings. The molecule has 1 spiro atoms. The molecule has 5 heteroatoms. The molecule has 3 aliphatic rings. The van der Waals surface area contributed by atoms with Crippen LogP contribution in [0.2, 0.25) is 0 Å². The van der Waals surface area contributed by atoms with Crippen molar-refractivity contribution in [2.24, 2.45) is 11.3 Å². The minimum absolute atomic E-state index is 0.0198. The van der Waals surface area contributed by atoms with Gasteiger partial charge >= 0.3 is 5.97 Å². The number of carbonyl (C=O) groups excluding carboxylic acids is 1. The molecular weight excluding hydrogens is 400 g/mol. The summed E-state index contributed by atoms with van der Waals surface area (Å²) >= 11 is 0. The first-order valence-corrected chi connectivity index (χ1v) is 12.6. The van der Waals surface area contributed by atoms with Crippen LogP contribution in [0.4, 0.5) is 0 Å². The summed E-state index contributed by atoms with van der Waals surface area (Å²) in [5.74, 6) is 1.01. The Bertz CT molecular complexity index is 937. The van der Waals surface area contributed by atoms with E-state index in [1.54, 1.807) is 0 Å². The number of aromatic nitrogens is 1. The number of likely N-dealkylation sites (tertiary alicyclic amines) is 1. The van der Waals surface area contributed by atoms with Gasteiger partial charge in [-0.3, -0.25) is 14.7 Å². The highest BCUT2D eigenvalue weighted by molar-refractivity contribution is 5.80. The number of ether oxygens (including phenoxy) is 2. The van der Waals surface area contributed by atoms with Crippen molar-refractivity contribution in [1.82, 2.24) is 9.88 Å². The summed E-state index contributed by atoms with van der Waals surface area (Å²) < 4.78 is 11.6. The van der Waals surface area contributed by atoms with Crippen molar-refractivity contribution in [2.75, 3.05) is 19.7 Å². The Hall–Kier alpha value is -2.14. The number of benzene rings is 1. The molecule has 1 aromatic carbocycles. The second-order valence-corrected chi connectivity index (χ2v) is 10.2. The molecule has 32 heavy (non-hydrogen) atoms. The van der Waals surface area contributed by atoms with Crippen molar-refractivity contribution < 1.29 is 14.3 Å². The average molecular weight is 437 g/mol. The fourth-order valence-electron chi connectivity index (χ4n) is 5.37. The lowest BCUT2D eigenvalue weighted by atomic mass is 9.85. The van der Waals surface area contributed by atoms with Gasteiger partial charge in [-0.15, -0.1) is 0 Å². The number of carbonyl (C=O) groups is 1. The monoisotopic (exact) mass is 436 g/mol. The molecule has 1 aromatic heterocycles.